The fourth-order valence-electron chi connectivity index (χ4n) is 3.14. The Morgan fingerprint density at radius 2 is 2.05 bits per heavy atom. The molecule has 3 rings (SSSR count). The van der Waals surface area contributed by atoms with Crippen LogP contribution in [0.25, 0.3) is 0 Å². The molecule has 1 aliphatic heterocycles. The van der Waals surface area contributed by atoms with Crippen LogP contribution in [0.5, 0.6) is 0 Å². The van der Waals surface area contributed by atoms with Crippen molar-refractivity contribution in [3.8, 4) is 0 Å². The number of piperazine rings is 1. The van der Waals surface area contributed by atoms with Gasteiger partial charge in [0.15, 0.2) is 0 Å². The lowest BCUT2D eigenvalue weighted by Crippen LogP contribution is -2.48. The molecule has 22 heavy (non-hydrogen) atoms. The number of hydrogen-bond acceptors (Lipinski definition) is 4. The second-order valence-electron chi connectivity index (χ2n) is 6.90. The molecule has 1 saturated heterocycles. The van der Waals surface area contributed by atoms with Crippen molar-refractivity contribution >= 4 is 5.91 Å². The summed E-state index contributed by atoms with van der Waals surface area (Å²) < 4.78 is 0. The van der Waals surface area contributed by atoms with Crippen LogP contribution in [0.3, 0.4) is 0 Å². The standard InChI is InChI=1S/C17H26N4O/c1-14-15(4-3-7-18-14)16(22)19-12-17(5-6-17)13-21-10-8-20(2)9-11-21/h3-4,7H,5-6,8-13H2,1-2H3,(H,19,22). The molecular formula is C17H26N4O. The van der Waals surface area contributed by atoms with Gasteiger partial charge in [-0.05, 0) is 38.9 Å². The number of likely N-dealkylation sites (N-methyl/N-ethyl adjacent to an activating group) is 1. The van der Waals surface area contributed by atoms with Gasteiger partial charge in [0.2, 0.25) is 0 Å². The quantitative estimate of drug-likeness (QED) is 0.886. The third kappa shape index (κ3) is 3.65. The molecule has 0 bridgehead atoms. The molecule has 1 aromatic rings. The maximum absolute atomic E-state index is 12.3. The lowest BCUT2D eigenvalue weighted by molar-refractivity contribution is 0.0926. The molecule has 2 heterocycles. The average Bonchev–Trinajstić information content (AvgIpc) is 3.28. The van der Waals surface area contributed by atoms with Crippen molar-refractivity contribution in [3.05, 3.63) is 29.6 Å². The first kappa shape index (κ1) is 15.4. The van der Waals surface area contributed by atoms with Crippen molar-refractivity contribution in [1.29, 1.82) is 0 Å². The lowest BCUT2D eigenvalue weighted by Gasteiger charge is -2.34. The fourth-order valence-corrected chi connectivity index (χ4v) is 3.14. The lowest BCUT2D eigenvalue weighted by atomic mass is 10.1. The second kappa shape index (κ2) is 6.34. The molecule has 1 aromatic heterocycles. The largest absolute Gasteiger partial charge is 0.351 e. The summed E-state index contributed by atoms with van der Waals surface area (Å²) in [6.07, 6.45) is 4.18. The summed E-state index contributed by atoms with van der Waals surface area (Å²) in [4.78, 5) is 21.4. The smallest absolute Gasteiger partial charge is 0.253 e. The topological polar surface area (TPSA) is 48.5 Å². The summed E-state index contributed by atoms with van der Waals surface area (Å²) in [6, 6.07) is 3.66. The molecule has 1 N–H and O–H groups in total. The van der Waals surface area contributed by atoms with E-state index in [9.17, 15) is 4.79 Å². The van der Waals surface area contributed by atoms with E-state index >= 15 is 0 Å². The molecule has 0 radical (unpaired) electrons. The van der Waals surface area contributed by atoms with Gasteiger partial charge in [-0.3, -0.25) is 9.78 Å². The Balaban J connectivity index is 1.50. The van der Waals surface area contributed by atoms with Crippen LogP contribution in [-0.2, 0) is 0 Å². The van der Waals surface area contributed by atoms with Gasteiger partial charge < -0.3 is 15.1 Å². The monoisotopic (exact) mass is 302 g/mol. The Morgan fingerprint density at radius 1 is 1.32 bits per heavy atom. The van der Waals surface area contributed by atoms with E-state index in [0.29, 0.717) is 11.0 Å². The Bertz CT molecular complexity index is 533. The van der Waals surface area contributed by atoms with E-state index in [1.54, 1.807) is 6.20 Å². The van der Waals surface area contributed by atoms with Gasteiger partial charge in [0.1, 0.15) is 0 Å². The highest BCUT2D eigenvalue weighted by Crippen LogP contribution is 2.45. The minimum absolute atomic E-state index is 0.00949. The van der Waals surface area contributed by atoms with Crippen LogP contribution in [0, 0.1) is 12.3 Å². The van der Waals surface area contributed by atoms with E-state index in [-0.39, 0.29) is 5.91 Å². The molecule has 5 heteroatoms. The third-order valence-corrected chi connectivity index (χ3v) is 4.99. The van der Waals surface area contributed by atoms with Gasteiger partial charge >= 0.3 is 0 Å². The highest BCUT2D eigenvalue weighted by Gasteiger charge is 2.44. The Labute approximate surface area is 132 Å². The number of carbonyl (C=O) groups is 1. The van der Waals surface area contributed by atoms with Crippen LogP contribution in [0.2, 0.25) is 0 Å². The number of pyridine rings is 1. The van der Waals surface area contributed by atoms with Crippen molar-refractivity contribution in [1.82, 2.24) is 20.1 Å². The van der Waals surface area contributed by atoms with Crippen LogP contribution in [-0.4, -0.2) is 67.0 Å². The van der Waals surface area contributed by atoms with Gasteiger partial charge in [-0.1, -0.05) is 0 Å². The SMILES string of the molecule is Cc1ncccc1C(=O)NCC1(CN2CCN(C)CC2)CC1. The minimum atomic E-state index is 0.00949. The van der Waals surface area contributed by atoms with Crippen LogP contribution >= 0.6 is 0 Å². The van der Waals surface area contributed by atoms with E-state index in [4.69, 9.17) is 0 Å². The fraction of sp³-hybridized carbons (Fsp3) is 0.647. The van der Waals surface area contributed by atoms with Crippen LogP contribution in [0.1, 0.15) is 28.9 Å². The van der Waals surface area contributed by atoms with Crippen LogP contribution < -0.4 is 5.32 Å². The first-order chi connectivity index (χ1) is 10.6. The normalized spacial score (nSPS) is 21.5. The van der Waals surface area contributed by atoms with Gasteiger partial charge in [0, 0.05) is 56.6 Å². The summed E-state index contributed by atoms with van der Waals surface area (Å²) in [5, 5.41) is 3.12. The zero-order valence-electron chi connectivity index (χ0n) is 13.6. The van der Waals surface area contributed by atoms with E-state index in [0.717, 1.165) is 45.0 Å². The molecule has 2 aliphatic rings. The highest BCUT2D eigenvalue weighted by molar-refractivity contribution is 5.95. The predicted molar refractivity (Wildman–Crippen MR) is 86.9 cm³/mol. The summed E-state index contributed by atoms with van der Waals surface area (Å²) in [7, 11) is 2.18. The molecular weight excluding hydrogens is 276 g/mol. The summed E-state index contributed by atoms with van der Waals surface area (Å²) in [5.74, 6) is 0.00949. The highest BCUT2D eigenvalue weighted by atomic mass is 16.1. The van der Waals surface area contributed by atoms with Crippen molar-refractivity contribution in [2.24, 2.45) is 5.41 Å². The molecule has 1 saturated carbocycles. The summed E-state index contributed by atoms with van der Waals surface area (Å²) >= 11 is 0. The van der Waals surface area contributed by atoms with Gasteiger partial charge in [0.05, 0.1) is 5.56 Å². The maximum Gasteiger partial charge on any atom is 0.253 e. The Hall–Kier alpha value is -1.46. The first-order valence-electron chi connectivity index (χ1n) is 8.19. The van der Waals surface area contributed by atoms with Gasteiger partial charge in [-0.2, -0.15) is 0 Å². The van der Waals surface area contributed by atoms with Gasteiger partial charge in [-0.15, -0.1) is 0 Å². The first-order valence-corrected chi connectivity index (χ1v) is 8.19. The number of aryl methyl sites for hydroxylation is 1. The molecule has 5 nitrogen and oxygen atoms in total. The Kier molecular flexibility index (Phi) is 4.45. The van der Waals surface area contributed by atoms with Crippen molar-refractivity contribution in [2.75, 3.05) is 46.3 Å². The molecule has 0 unspecified atom stereocenters. The molecule has 120 valence electrons. The van der Waals surface area contributed by atoms with E-state index in [1.165, 1.54) is 12.8 Å². The number of carbonyl (C=O) groups excluding carboxylic acids is 1. The van der Waals surface area contributed by atoms with E-state index in [2.05, 4.69) is 27.1 Å². The predicted octanol–water partition coefficient (Wildman–Crippen LogP) is 1.15. The minimum Gasteiger partial charge on any atom is -0.351 e. The summed E-state index contributed by atoms with van der Waals surface area (Å²) in [6.45, 7) is 8.38. The molecule has 1 amide bonds. The number of nitrogens with one attached hydrogen (secondary N) is 1. The molecule has 0 aromatic carbocycles. The van der Waals surface area contributed by atoms with E-state index < -0.39 is 0 Å². The number of aromatic nitrogens is 1. The van der Waals surface area contributed by atoms with Crippen molar-refractivity contribution in [2.45, 2.75) is 19.8 Å². The summed E-state index contributed by atoms with van der Waals surface area (Å²) in [5.41, 5.74) is 1.80. The third-order valence-electron chi connectivity index (χ3n) is 4.99. The van der Waals surface area contributed by atoms with Crippen molar-refractivity contribution in [3.63, 3.8) is 0 Å². The number of amides is 1. The average molecular weight is 302 g/mol. The number of hydrogen-bond donors (Lipinski definition) is 1. The zero-order valence-corrected chi connectivity index (χ0v) is 13.6. The van der Waals surface area contributed by atoms with Crippen LogP contribution in [0.15, 0.2) is 18.3 Å². The van der Waals surface area contributed by atoms with Gasteiger partial charge in [0.25, 0.3) is 5.91 Å². The molecule has 0 spiro atoms. The van der Waals surface area contributed by atoms with E-state index in [1.807, 2.05) is 19.1 Å². The second-order valence-corrected chi connectivity index (χ2v) is 6.90. The van der Waals surface area contributed by atoms with Crippen LogP contribution in [0.4, 0.5) is 0 Å². The Morgan fingerprint density at radius 3 is 2.68 bits per heavy atom. The number of nitrogens with zero attached hydrogens (tertiary/aromatic N) is 3. The molecule has 0 atom stereocenters. The number of rotatable bonds is 5. The van der Waals surface area contributed by atoms with Crippen molar-refractivity contribution < 1.29 is 4.79 Å². The maximum atomic E-state index is 12.3. The van der Waals surface area contributed by atoms with Gasteiger partial charge in [-0.25, -0.2) is 0 Å². The zero-order chi connectivity index (χ0) is 15.6. The molecule has 1 aliphatic carbocycles. The molecule has 2 fully saturated rings.